The quantitative estimate of drug-likeness (QED) is 0.119. The van der Waals surface area contributed by atoms with E-state index in [1.54, 1.807) is 0 Å². The summed E-state index contributed by atoms with van der Waals surface area (Å²) in [5, 5.41) is 0. The fourth-order valence-electron chi connectivity index (χ4n) is 3.25. The zero-order valence-electron chi connectivity index (χ0n) is 19.8. The molecule has 0 spiro atoms. The molecular weight excluding hydrogens is 448 g/mol. The molecule has 0 N–H and O–H groups in total. The van der Waals surface area contributed by atoms with E-state index in [1.165, 1.54) is 70.6 Å². The van der Waals surface area contributed by atoms with E-state index in [2.05, 4.69) is 20.7 Å². The Morgan fingerprint density at radius 1 is 0.781 bits per heavy atom. The minimum Gasteiger partial charge on any atom is -0.756 e. The third kappa shape index (κ3) is 23.0. The zero-order valence-corrected chi connectivity index (χ0v) is 20.7. The van der Waals surface area contributed by atoms with Crippen molar-refractivity contribution in [3.05, 3.63) is 0 Å². The van der Waals surface area contributed by atoms with E-state index in [1.807, 2.05) is 0 Å². The average molecular weight is 492 g/mol. The molecule has 10 heteroatoms. The lowest BCUT2D eigenvalue weighted by Gasteiger charge is -2.26. The summed E-state index contributed by atoms with van der Waals surface area (Å²) >= 11 is 0. The van der Waals surface area contributed by atoms with Gasteiger partial charge in [-0.15, -0.1) is 0 Å². The molecule has 0 fully saturated rings. The number of ether oxygens (including phenoxy) is 2. The van der Waals surface area contributed by atoms with Gasteiger partial charge in [0.05, 0.1) is 13.2 Å². The summed E-state index contributed by atoms with van der Waals surface area (Å²) in [5.41, 5.74) is 0. The molecule has 0 rings (SSSR count). The monoisotopic (exact) mass is 491 g/mol. The molecule has 0 radical (unpaired) electrons. The molecule has 0 amide bonds. The van der Waals surface area contributed by atoms with Crippen LogP contribution in [0.2, 0.25) is 0 Å². The molecule has 0 aliphatic heterocycles. The lowest BCUT2D eigenvalue weighted by atomic mass is 10.0. The number of hydrogen-bond donors (Lipinski definition) is 0. The van der Waals surface area contributed by atoms with Crippen LogP contribution in [0.4, 0.5) is 13.2 Å². The minimum atomic E-state index is -4.59. The summed E-state index contributed by atoms with van der Waals surface area (Å²) in [5.74, 6) is 0. The molecule has 2 unspecified atom stereocenters. The predicted molar refractivity (Wildman–Crippen MR) is 117 cm³/mol. The standard InChI is InChI=1S/C22H44F3O6P/c1-3-4-5-6-7-8-9-10-11-12-13-14-15-16-17-29-18-21(31-32(26,27)28-2)19-30-20-22(23,24)25/h21H,3-20H2,1-2H3,(H,26,27)/p-1. The largest absolute Gasteiger partial charge is 0.756 e. The summed E-state index contributed by atoms with van der Waals surface area (Å²) in [6.07, 6.45) is 11.6. The Morgan fingerprint density at radius 2 is 1.22 bits per heavy atom. The van der Waals surface area contributed by atoms with Crippen LogP contribution < -0.4 is 4.89 Å². The smallest absolute Gasteiger partial charge is 0.411 e. The fourth-order valence-corrected chi connectivity index (χ4v) is 3.83. The van der Waals surface area contributed by atoms with Crippen molar-refractivity contribution in [1.29, 1.82) is 0 Å². The highest BCUT2D eigenvalue weighted by Crippen LogP contribution is 2.38. The number of hydrogen-bond acceptors (Lipinski definition) is 6. The lowest BCUT2D eigenvalue weighted by Crippen LogP contribution is -2.29. The highest BCUT2D eigenvalue weighted by atomic mass is 31.2. The van der Waals surface area contributed by atoms with Gasteiger partial charge in [0, 0.05) is 13.7 Å². The Labute approximate surface area is 192 Å². The number of alkyl halides is 3. The van der Waals surface area contributed by atoms with Gasteiger partial charge in [-0.25, -0.2) is 0 Å². The summed E-state index contributed by atoms with van der Waals surface area (Å²) in [6.45, 7) is 0.382. The zero-order chi connectivity index (χ0) is 24.1. The first-order valence-electron chi connectivity index (χ1n) is 12.0. The van der Waals surface area contributed by atoms with Gasteiger partial charge in [0.2, 0.25) is 0 Å². The van der Waals surface area contributed by atoms with Crippen molar-refractivity contribution < 1.29 is 41.2 Å². The Bertz CT molecular complexity index is 465. The second-order valence-corrected chi connectivity index (χ2v) is 9.63. The van der Waals surface area contributed by atoms with E-state index in [0.29, 0.717) is 6.61 Å². The van der Waals surface area contributed by atoms with E-state index >= 15 is 0 Å². The first-order chi connectivity index (χ1) is 15.2. The minimum absolute atomic E-state index is 0.189. The Morgan fingerprint density at radius 3 is 1.66 bits per heavy atom. The van der Waals surface area contributed by atoms with Crippen molar-refractivity contribution >= 4 is 7.82 Å². The maximum absolute atomic E-state index is 12.2. The molecule has 0 aliphatic rings. The molecule has 194 valence electrons. The molecule has 6 nitrogen and oxygen atoms in total. The molecular formula is C22H43F3O6P-. The molecule has 32 heavy (non-hydrogen) atoms. The van der Waals surface area contributed by atoms with E-state index in [-0.39, 0.29) is 6.61 Å². The SMILES string of the molecule is CCCCCCCCCCCCCCCCOCC(COCC(F)(F)F)OP(=O)([O-])OC. The van der Waals surface area contributed by atoms with Gasteiger partial charge in [-0.1, -0.05) is 90.4 Å². The van der Waals surface area contributed by atoms with E-state index in [0.717, 1.165) is 26.4 Å². The number of phosphoric acid groups is 1. The van der Waals surface area contributed by atoms with Crippen LogP contribution in [0.3, 0.4) is 0 Å². The maximum atomic E-state index is 12.2. The third-order valence-corrected chi connectivity index (χ3v) is 6.02. The van der Waals surface area contributed by atoms with Crippen molar-refractivity contribution in [3.63, 3.8) is 0 Å². The Kier molecular flexibility index (Phi) is 20.1. The predicted octanol–water partition coefficient (Wildman–Crippen LogP) is 6.56. The van der Waals surface area contributed by atoms with Gasteiger partial charge in [-0.2, -0.15) is 13.2 Å². The summed E-state index contributed by atoms with van der Waals surface area (Å²) < 4.78 is 66.7. The normalized spacial score (nSPS) is 15.1. The third-order valence-electron chi connectivity index (χ3n) is 5.02. The maximum Gasteiger partial charge on any atom is 0.411 e. The van der Waals surface area contributed by atoms with Crippen molar-refractivity contribution in [1.82, 2.24) is 0 Å². The van der Waals surface area contributed by atoms with Crippen LogP contribution in [0.5, 0.6) is 0 Å². The van der Waals surface area contributed by atoms with Crippen LogP contribution in [0.15, 0.2) is 0 Å². The molecule has 0 bridgehead atoms. The van der Waals surface area contributed by atoms with E-state index < -0.39 is 33.3 Å². The van der Waals surface area contributed by atoms with Gasteiger partial charge < -0.3 is 23.4 Å². The van der Waals surface area contributed by atoms with Crippen LogP contribution in [-0.4, -0.2) is 45.8 Å². The summed E-state index contributed by atoms with van der Waals surface area (Å²) in [6, 6.07) is 0. The van der Waals surface area contributed by atoms with Crippen LogP contribution in [0.1, 0.15) is 96.8 Å². The lowest BCUT2D eigenvalue weighted by molar-refractivity contribution is -0.232. The number of halogens is 3. The number of unbranched alkanes of at least 4 members (excludes halogenated alkanes) is 13. The van der Waals surface area contributed by atoms with Crippen LogP contribution in [0.25, 0.3) is 0 Å². The topological polar surface area (TPSA) is 77.1 Å². The molecule has 0 saturated carbocycles. The highest BCUT2D eigenvalue weighted by molar-refractivity contribution is 7.45. The molecule has 0 heterocycles. The van der Waals surface area contributed by atoms with Gasteiger partial charge in [-0.05, 0) is 6.42 Å². The highest BCUT2D eigenvalue weighted by Gasteiger charge is 2.28. The molecule has 0 saturated heterocycles. The van der Waals surface area contributed by atoms with Crippen LogP contribution >= 0.6 is 7.82 Å². The van der Waals surface area contributed by atoms with Crippen molar-refractivity contribution in [2.75, 3.05) is 33.5 Å². The summed E-state index contributed by atoms with van der Waals surface area (Å²) in [7, 11) is -3.68. The van der Waals surface area contributed by atoms with Crippen molar-refractivity contribution in [2.45, 2.75) is 109 Å². The fraction of sp³-hybridized carbons (Fsp3) is 1.00. The van der Waals surface area contributed by atoms with Crippen LogP contribution in [-0.2, 0) is 23.1 Å². The molecule has 0 aromatic carbocycles. The first-order valence-corrected chi connectivity index (χ1v) is 13.4. The van der Waals surface area contributed by atoms with E-state index in [9.17, 15) is 22.6 Å². The molecule has 0 aliphatic carbocycles. The average Bonchev–Trinajstić information content (AvgIpc) is 2.72. The van der Waals surface area contributed by atoms with Crippen molar-refractivity contribution in [2.24, 2.45) is 0 Å². The number of rotatable bonds is 23. The van der Waals surface area contributed by atoms with Crippen molar-refractivity contribution in [3.8, 4) is 0 Å². The second-order valence-electron chi connectivity index (χ2n) is 8.16. The molecule has 0 aromatic rings. The Hall–Kier alpha value is -0.180. The van der Waals surface area contributed by atoms with Gasteiger partial charge in [0.25, 0.3) is 7.82 Å². The Balaban J connectivity index is 3.68. The first kappa shape index (κ1) is 31.8. The van der Waals surface area contributed by atoms with Crippen LogP contribution in [0, 0.1) is 0 Å². The molecule has 0 aromatic heterocycles. The van der Waals surface area contributed by atoms with Gasteiger partial charge in [0.15, 0.2) is 0 Å². The van der Waals surface area contributed by atoms with Gasteiger partial charge >= 0.3 is 6.18 Å². The second kappa shape index (κ2) is 20.2. The number of phosphoric ester groups is 1. The van der Waals surface area contributed by atoms with E-state index in [4.69, 9.17) is 4.74 Å². The summed E-state index contributed by atoms with van der Waals surface area (Å²) in [4.78, 5) is 11.4. The molecule has 2 atom stereocenters. The van der Waals surface area contributed by atoms with Gasteiger partial charge in [0.1, 0.15) is 12.7 Å². The van der Waals surface area contributed by atoms with Gasteiger partial charge in [-0.3, -0.25) is 4.57 Å².